The maximum absolute atomic E-state index is 10.9. The average Bonchev–Trinajstić information content (AvgIpc) is 2.33. The van der Waals surface area contributed by atoms with Crippen LogP contribution in [0.3, 0.4) is 0 Å². The first-order chi connectivity index (χ1) is 6.20. The molecule has 72 valence electrons. The van der Waals surface area contributed by atoms with Crippen molar-refractivity contribution in [2.45, 2.75) is 34.1 Å². The fourth-order valence-corrected chi connectivity index (χ4v) is 0.962. The standard InChI is InChI=1S/C10H12O.C2H6/c1-8-4-3-5-10(7-6-8)9(2)11;1-2/h3,5-7H,4H2,1-2H3;1-2H3. The van der Waals surface area contributed by atoms with Crippen molar-refractivity contribution in [2.75, 3.05) is 0 Å². The summed E-state index contributed by atoms with van der Waals surface area (Å²) in [6.07, 6.45) is 8.73. The van der Waals surface area contributed by atoms with Crippen molar-refractivity contribution < 1.29 is 4.79 Å². The third-order valence-corrected chi connectivity index (χ3v) is 1.69. The Morgan fingerprint density at radius 3 is 2.46 bits per heavy atom. The quantitative estimate of drug-likeness (QED) is 0.601. The van der Waals surface area contributed by atoms with E-state index in [0.29, 0.717) is 0 Å². The van der Waals surface area contributed by atoms with Crippen LogP contribution in [0.2, 0.25) is 0 Å². The highest BCUT2D eigenvalue weighted by Gasteiger charge is 1.99. The van der Waals surface area contributed by atoms with Gasteiger partial charge in [0, 0.05) is 5.57 Å². The lowest BCUT2D eigenvalue weighted by atomic mass is 10.2. The molecule has 1 heteroatoms. The Bertz CT molecular complexity index is 254. The molecule has 0 heterocycles. The van der Waals surface area contributed by atoms with Gasteiger partial charge in [0.2, 0.25) is 0 Å². The van der Waals surface area contributed by atoms with Gasteiger partial charge >= 0.3 is 0 Å². The van der Waals surface area contributed by atoms with Gasteiger partial charge in [0.1, 0.15) is 0 Å². The SMILES string of the molecule is CC.CC(=O)C1=CC=C(C)CC=C1. The van der Waals surface area contributed by atoms with E-state index in [2.05, 4.69) is 6.92 Å². The van der Waals surface area contributed by atoms with Gasteiger partial charge in [-0.3, -0.25) is 4.79 Å². The molecule has 0 amide bonds. The molecule has 0 aromatic heterocycles. The van der Waals surface area contributed by atoms with Crippen LogP contribution in [0.1, 0.15) is 34.1 Å². The minimum Gasteiger partial charge on any atom is -0.295 e. The fourth-order valence-electron chi connectivity index (χ4n) is 0.962. The van der Waals surface area contributed by atoms with Gasteiger partial charge in [0.15, 0.2) is 5.78 Å². The van der Waals surface area contributed by atoms with E-state index in [-0.39, 0.29) is 5.78 Å². The number of carbonyl (C=O) groups excluding carboxylic acids is 1. The van der Waals surface area contributed by atoms with Crippen LogP contribution in [0.4, 0.5) is 0 Å². The molecule has 0 bridgehead atoms. The highest BCUT2D eigenvalue weighted by Crippen LogP contribution is 2.10. The van der Waals surface area contributed by atoms with E-state index >= 15 is 0 Å². The Morgan fingerprint density at radius 1 is 1.31 bits per heavy atom. The highest BCUT2D eigenvalue weighted by atomic mass is 16.1. The number of Topliss-reactive ketones (excluding diaryl/α,β-unsaturated/α-hetero) is 1. The maximum Gasteiger partial charge on any atom is 0.159 e. The number of allylic oxidation sites excluding steroid dienone is 6. The molecule has 0 aliphatic heterocycles. The summed E-state index contributed by atoms with van der Waals surface area (Å²) >= 11 is 0. The zero-order valence-electron chi connectivity index (χ0n) is 8.92. The van der Waals surface area contributed by atoms with Gasteiger partial charge in [-0.05, 0) is 20.3 Å². The first kappa shape index (κ1) is 11.9. The lowest BCUT2D eigenvalue weighted by Gasteiger charge is -1.89. The van der Waals surface area contributed by atoms with E-state index in [9.17, 15) is 4.79 Å². The van der Waals surface area contributed by atoms with Gasteiger partial charge in [-0.15, -0.1) is 0 Å². The molecule has 0 saturated carbocycles. The minimum atomic E-state index is 0.132. The molecular weight excluding hydrogens is 160 g/mol. The summed E-state index contributed by atoms with van der Waals surface area (Å²) in [6, 6.07) is 0. The molecule has 0 aromatic carbocycles. The van der Waals surface area contributed by atoms with Gasteiger partial charge in [0.25, 0.3) is 0 Å². The molecule has 0 N–H and O–H groups in total. The van der Waals surface area contributed by atoms with Crippen molar-refractivity contribution in [3.63, 3.8) is 0 Å². The molecule has 0 fully saturated rings. The van der Waals surface area contributed by atoms with Gasteiger partial charge in [-0.25, -0.2) is 0 Å². The van der Waals surface area contributed by atoms with E-state index in [1.165, 1.54) is 5.57 Å². The van der Waals surface area contributed by atoms with Crippen LogP contribution in [0, 0.1) is 0 Å². The van der Waals surface area contributed by atoms with Crippen molar-refractivity contribution in [1.82, 2.24) is 0 Å². The molecule has 0 atom stereocenters. The van der Waals surface area contributed by atoms with Crippen LogP contribution in [-0.4, -0.2) is 5.78 Å². The molecule has 0 aromatic rings. The van der Waals surface area contributed by atoms with Gasteiger partial charge in [0.05, 0.1) is 0 Å². The first-order valence-electron chi connectivity index (χ1n) is 4.75. The van der Waals surface area contributed by atoms with Crippen molar-refractivity contribution in [1.29, 1.82) is 0 Å². The second-order valence-electron chi connectivity index (χ2n) is 2.80. The zero-order chi connectivity index (χ0) is 10.3. The Kier molecular flexibility index (Phi) is 5.86. The number of carbonyl (C=O) groups is 1. The van der Waals surface area contributed by atoms with Crippen LogP contribution in [0.15, 0.2) is 35.5 Å². The maximum atomic E-state index is 10.9. The third kappa shape index (κ3) is 4.46. The second kappa shape index (κ2) is 6.41. The molecule has 0 radical (unpaired) electrons. The van der Waals surface area contributed by atoms with Gasteiger partial charge in [-0.2, -0.15) is 0 Å². The van der Waals surface area contributed by atoms with E-state index in [0.717, 1.165) is 12.0 Å². The molecule has 1 aliphatic carbocycles. The fraction of sp³-hybridized carbons (Fsp3) is 0.417. The van der Waals surface area contributed by atoms with Crippen LogP contribution < -0.4 is 0 Å². The Morgan fingerprint density at radius 2 is 1.92 bits per heavy atom. The summed E-state index contributed by atoms with van der Waals surface area (Å²) < 4.78 is 0. The first-order valence-corrected chi connectivity index (χ1v) is 4.75. The van der Waals surface area contributed by atoms with Crippen LogP contribution in [-0.2, 0) is 4.79 Å². The molecule has 0 unspecified atom stereocenters. The zero-order valence-corrected chi connectivity index (χ0v) is 8.92. The molecular formula is C12H18O. The summed E-state index contributed by atoms with van der Waals surface area (Å²) in [7, 11) is 0. The summed E-state index contributed by atoms with van der Waals surface area (Å²) in [5, 5.41) is 0. The predicted molar refractivity (Wildman–Crippen MR) is 57.6 cm³/mol. The smallest absolute Gasteiger partial charge is 0.159 e. The van der Waals surface area contributed by atoms with Gasteiger partial charge < -0.3 is 0 Å². The summed E-state index contributed by atoms with van der Waals surface area (Å²) in [4.78, 5) is 10.9. The Hall–Kier alpha value is -1.11. The van der Waals surface area contributed by atoms with E-state index in [1.54, 1.807) is 6.92 Å². The Labute approximate surface area is 80.8 Å². The van der Waals surface area contributed by atoms with Crippen molar-refractivity contribution in [3.8, 4) is 0 Å². The summed E-state index contributed by atoms with van der Waals surface area (Å²) in [5.41, 5.74) is 2.08. The molecule has 0 spiro atoms. The van der Waals surface area contributed by atoms with Crippen molar-refractivity contribution in [3.05, 3.63) is 35.5 Å². The topological polar surface area (TPSA) is 17.1 Å². The van der Waals surface area contributed by atoms with Crippen LogP contribution in [0.25, 0.3) is 0 Å². The highest BCUT2D eigenvalue weighted by molar-refractivity contribution is 5.96. The number of hydrogen-bond donors (Lipinski definition) is 0. The van der Waals surface area contributed by atoms with Crippen LogP contribution in [0.5, 0.6) is 0 Å². The molecule has 0 saturated heterocycles. The lowest BCUT2D eigenvalue weighted by Crippen LogP contribution is -1.91. The van der Waals surface area contributed by atoms with Gasteiger partial charge in [-0.1, -0.05) is 43.7 Å². The van der Waals surface area contributed by atoms with E-state index in [4.69, 9.17) is 0 Å². The van der Waals surface area contributed by atoms with E-state index < -0.39 is 0 Å². The van der Waals surface area contributed by atoms with E-state index in [1.807, 2.05) is 38.2 Å². The number of rotatable bonds is 1. The van der Waals surface area contributed by atoms with Crippen molar-refractivity contribution in [2.24, 2.45) is 0 Å². The Balaban J connectivity index is 0.000000671. The molecule has 1 nitrogen and oxygen atoms in total. The largest absolute Gasteiger partial charge is 0.295 e. The molecule has 13 heavy (non-hydrogen) atoms. The average molecular weight is 178 g/mol. The number of ketones is 1. The third-order valence-electron chi connectivity index (χ3n) is 1.69. The molecule has 1 aliphatic rings. The second-order valence-corrected chi connectivity index (χ2v) is 2.80. The van der Waals surface area contributed by atoms with Crippen LogP contribution >= 0.6 is 0 Å². The number of hydrogen-bond acceptors (Lipinski definition) is 1. The predicted octanol–water partition coefficient (Wildman–Crippen LogP) is 3.43. The van der Waals surface area contributed by atoms with Crippen molar-refractivity contribution >= 4 is 5.78 Å². The molecule has 1 rings (SSSR count). The summed E-state index contributed by atoms with van der Waals surface area (Å²) in [5.74, 6) is 0.132. The summed E-state index contributed by atoms with van der Waals surface area (Å²) in [6.45, 7) is 7.65. The minimum absolute atomic E-state index is 0.132. The lowest BCUT2D eigenvalue weighted by molar-refractivity contribution is -0.113. The monoisotopic (exact) mass is 178 g/mol. The normalized spacial score (nSPS) is 14.8.